The molecule has 0 N–H and O–H groups in total. The number of carbonyl (C=O) groups excluding carboxylic acids is 1. The Kier molecular flexibility index (Phi) is 5.79. The number of carbonyl (C=O) groups is 1. The highest BCUT2D eigenvalue weighted by Crippen LogP contribution is 2.39. The smallest absolute Gasteiger partial charge is 0.298 e. The van der Waals surface area contributed by atoms with Gasteiger partial charge >= 0.3 is 12.4 Å². The fraction of sp³-hybridized carbons (Fsp3) is 0.0952. The zero-order chi connectivity index (χ0) is 24.0. The van der Waals surface area contributed by atoms with Crippen LogP contribution in [0, 0.1) is 0 Å². The molecule has 2 heterocycles. The molecule has 2 aromatic carbocycles. The molecule has 0 fully saturated rings. The number of hydrogen-bond donors (Lipinski definition) is 0. The number of nitrogens with zero attached hydrogens (tertiary/aromatic N) is 3. The van der Waals surface area contributed by atoms with Crippen LogP contribution in [0.4, 0.5) is 26.3 Å². The average molecular weight is 502 g/mol. The normalized spacial score (nSPS) is 12.2. The molecular formula is C21H10ClF6N3OS. The van der Waals surface area contributed by atoms with Crippen molar-refractivity contribution in [2.75, 3.05) is 0 Å². The molecule has 0 bridgehead atoms. The first-order valence-electron chi connectivity index (χ1n) is 9.02. The first-order chi connectivity index (χ1) is 15.5. The van der Waals surface area contributed by atoms with Crippen LogP contribution in [0.3, 0.4) is 0 Å². The quantitative estimate of drug-likeness (QED) is 0.220. The topological polar surface area (TPSA) is 47.8 Å². The molecule has 0 saturated heterocycles. The van der Waals surface area contributed by atoms with E-state index in [0.717, 1.165) is 21.6 Å². The number of hydrogen-bond acceptors (Lipinski definition) is 4. The Labute approximate surface area is 191 Å². The predicted octanol–water partition coefficient (Wildman–Crippen LogP) is 7.17. The lowest BCUT2D eigenvalue weighted by Crippen LogP contribution is -2.11. The summed E-state index contributed by atoms with van der Waals surface area (Å²) in [5, 5.41) is 6.54. The van der Waals surface area contributed by atoms with Gasteiger partial charge in [-0.25, -0.2) is 9.67 Å². The second-order valence-electron chi connectivity index (χ2n) is 6.81. The van der Waals surface area contributed by atoms with Crippen molar-refractivity contribution < 1.29 is 31.1 Å². The van der Waals surface area contributed by atoms with Crippen molar-refractivity contribution in [1.82, 2.24) is 14.8 Å². The molecule has 0 aliphatic rings. The summed E-state index contributed by atoms with van der Waals surface area (Å²) in [5.41, 5.74) is -2.73. The van der Waals surface area contributed by atoms with Crippen molar-refractivity contribution in [2.45, 2.75) is 12.4 Å². The summed E-state index contributed by atoms with van der Waals surface area (Å²) >= 11 is 6.99. The van der Waals surface area contributed by atoms with E-state index in [-0.39, 0.29) is 22.5 Å². The van der Waals surface area contributed by atoms with Crippen molar-refractivity contribution in [1.29, 1.82) is 0 Å². The molecule has 0 atom stereocenters. The van der Waals surface area contributed by atoms with E-state index in [1.54, 1.807) is 29.6 Å². The van der Waals surface area contributed by atoms with Gasteiger partial charge in [-0.3, -0.25) is 4.79 Å². The molecule has 4 aromatic rings. The molecule has 33 heavy (non-hydrogen) atoms. The van der Waals surface area contributed by atoms with Gasteiger partial charge in [0.15, 0.2) is 6.29 Å². The Morgan fingerprint density at radius 1 is 0.909 bits per heavy atom. The first-order valence-corrected chi connectivity index (χ1v) is 10.3. The maximum absolute atomic E-state index is 13.2. The van der Waals surface area contributed by atoms with E-state index in [1.807, 2.05) is 0 Å². The summed E-state index contributed by atoms with van der Waals surface area (Å²) in [6, 6.07) is 7.85. The minimum Gasteiger partial charge on any atom is -0.298 e. The molecule has 4 nitrogen and oxygen atoms in total. The summed E-state index contributed by atoms with van der Waals surface area (Å²) in [6.45, 7) is 0. The van der Waals surface area contributed by atoms with Crippen molar-refractivity contribution in [3.8, 4) is 27.6 Å². The molecule has 4 rings (SSSR count). The number of alkyl halides is 6. The first kappa shape index (κ1) is 23.0. The fourth-order valence-electron chi connectivity index (χ4n) is 3.01. The molecule has 0 aliphatic carbocycles. The molecule has 0 saturated carbocycles. The third-order valence-electron chi connectivity index (χ3n) is 4.56. The Bertz CT molecular complexity index is 1290. The van der Waals surface area contributed by atoms with Gasteiger partial charge in [-0.1, -0.05) is 23.7 Å². The van der Waals surface area contributed by atoms with Crippen LogP contribution in [0.1, 0.15) is 21.5 Å². The molecule has 0 unspecified atom stereocenters. The monoisotopic (exact) mass is 501 g/mol. The van der Waals surface area contributed by atoms with Crippen LogP contribution in [-0.2, 0) is 12.4 Å². The molecule has 0 radical (unpaired) electrons. The molecule has 2 aromatic heterocycles. The maximum Gasteiger partial charge on any atom is 0.416 e. The van der Waals surface area contributed by atoms with Gasteiger partial charge in [-0.05, 0) is 30.3 Å². The number of aldehydes is 1. The van der Waals surface area contributed by atoms with Gasteiger partial charge in [0.2, 0.25) is 5.13 Å². The second-order valence-corrected chi connectivity index (χ2v) is 8.09. The minimum atomic E-state index is -5.03. The predicted molar refractivity (Wildman–Crippen MR) is 111 cm³/mol. The van der Waals surface area contributed by atoms with Gasteiger partial charge in [0.1, 0.15) is 5.69 Å². The number of benzene rings is 2. The molecule has 0 spiro atoms. The summed E-state index contributed by atoms with van der Waals surface area (Å²) < 4.78 is 80.4. The van der Waals surface area contributed by atoms with E-state index in [0.29, 0.717) is 29.1 Å². The Balaban J connectivity index is 1.80. The van der Waals surface area contributed by atoms with Crippen molar-refractivity contribution in [3.05, 3.63) is 75.8 Å². The number of thiazole rings is 1. The van der Waals surface area contributed by atoms with Crippen LogP contribution in [0.15, 0.2) is 54.0 Å². The van der Waals surface area contributed by atoms with Crippen LogP contribution in [0.2, 0.25) is 5.02 Å². The van der Waals surface area contributed by atoms with E-state index in [9.17, 15) is 31.1 Å². The summed E-state index contributed by atoms with van der Waals surface area (Å²) in [7, 11) is 0. The number of halogens is 7. The fourth-order valence-corrected chi connectivity index (χ4v) is 3.89. The van der Waals surface area contributed by atoms with E-state index in [2.05, 4.69) is 10.1 Å². The van der Waals surface area contributed by atoms with Gasteiger partial charge in [0, 0.05) is 27.7 Å². The highest BCUT2D eigenvalue weighted by molar-refractivity contribution is 7.12. The van der Waals surface area contributed by atoms with Crippen molar-refractivity contribution >= 4 is 29.2 Å². The zero-order valence-electron chi connectivity index (χ0n) is 16.1. The highest BCUT2D eigenvalue weighted by Gasteiger charge is 2.37. The number of aromatic nitrogens is 3. The van der Waals surface area contributed by atoms with Crippen LogP contribution in [-0.4, -0.2) is 21.1 Å². The van der Waals surface area contributed by atoms with Gasteiger partial charge in [-0.2, -0.15) is 31.4 Å². The zero-order valence-corrected chi connectivity index (χ0v) is 17.6. The molecule has 0 amide bonds. The lowest BCUT2D eigenvalue weighted by molar-refractivity contribution is -0.143. The third kappa shape index (κ3) is 4.79. The molecule has 12 heteroatoms. The van der Waals surface area contributed by atoms with Crippen LogP contribution in [0.25, 0.3) is 27.6 Å². The molecular weight excluding hydrogens is 492 g/mol. The Morgan fingerprint density at radius 3 is 2.06 bits per heavy atom. The van der Waals surface area contributed by atoms with Crippen molar-refractivity contribution in [3.63, 3.8) is 0 Å². The van der Waals surface area contributed by atoms with Crippen molar-refractivity contribution in [2.24, 2.45) is 0 Å². The highest BCUT2D eigenvalue weighted by atomic mass is 35.5. The Morgan fingerprint density at radius 2 is 1.52 bits per heavy atom. The second kappa shape index (κ2) is 8.31. The van der Waals surface area contributed by atoms with Gasteiger partial charge in [0.05, 0.1) is 22.4 Å². The van der Waals surface area contributed by atoms with E-state index in [1.165, 1.54) is 6.20 Å². The summed E-state index contributed by atoms with van der Waals surface area (Å²) in [4.78, 5) is 15.9. The van der Waals surface area contributed by atoms with Crippen LogP contribution in [0.5, 0.6) is 0 Å². The van der Waals surface area contributed by atoms with Crippen LogP contribution >= 0.6 is 22.9 Å². The Hall–Kier alpha value is -3.18. The largest absolute Gasteiger partial charge is 0.416 e. The standard InChI is InChI=1S/C21H10ClF6N3OS/c22-16-3-1-11(2-4-16)17-10-33-19(29-17)31-8-13(9-32)18(30-31)12-5-14(20(23,24)25)7-15(6-12)21(26,27)28/h1-10H. The lowest BCUT2D eigenvalue weighted by atomic mass is 10.0. The SMILES string of the molecule is O=Cc1cn(-c2nc(-c3ccc(Cl)cc3)cs2)nc1-c1cc(C(F)(F)F)cc(C(F)(F)F)c1. The summed E-state index contributed by atoms with van der Waals surface area (Å²) in [5.74, 6) is 0. The van der Waals surface area contributed by atoms with E-state index < -0.39 is 29.0 Å². The molecule has 0 aliphatic heterocycles. The minimum absolute atomic E-state index is 0.0142. The van der Waals surface area contributed by atoms with Gasteiger partial charge < -0.3 is 0 Å². The van der Waals surface area contributed by atoms with E-state index >= 15 is 0 Å². The van der Waals surface area contributed by atoms with E-state index in [4.69, 9.17) is 11.6 Å². The third-order valence-corrected chi connectivity index (χ3v) is 5.64. The van der Waals surface area contributed by atoms with Crippen LogP contribution < -0.4 is 0 Å². The number of rotatable bonds is 4. The van der Waals surface area contributed by atoms with Gasteiger partial charge in [0.25, 0.3) is 0 Å². The maximum atomic E-state index is 13.2. The average Bonchev–Trinajstić information content (AvgIpc) is 3.40. The molecule has 170 valence electrons. The summed E-state index contributed by atoms with van der Waals surface area (Å²) in [6.07, 6.45) is -8.55. The lowest BCUT2D eigenvalue weighted by Gasteiger charge is -2.13. The van der Waals surface area contributed by atoms with Gasteiger partial charge in [-0.15, -0.1) is 11.3 Å².